The molecule has 1 aromatic carbocycles. The molecule has 1 spiro atoms. The second-order valence-electron chi connectivity index (χ2n) is 6.94. The summed E-state index contributed by atoms with van der Waals surface area (Å²) in [6, 6.07) is 8.05. The molecule has 4 rings (SSSR count). The number of fused-ring (bicyclic) bond motifs is 1. The van der Waals surface area contributed by atoms with Gasteiger partial charge in [-0.15, -0.1) is 0 Å². The van der Waals surface area contributed by atoms with E-state index in [9.17, 15) is 4.79 Å². The molecule has 1 fully saturated rings. The van der Waals surface area contributed by atoms with E-state index >= 15 is 0 Å². The molecule has 1 saturated carbocycles. The van der Waals surface area contributed by atoms with Gasteiger partial charge in [0.2, 0.25) is 0 Å². The summed E-state index contributed by atoms with van der Waals surface area (Å²) < 4.78 is 13.9. The molecule has 1 N–H and O–H groups in total. The number of aromatic nitrogens is 2. The van der Waals surface area contributed by atoms with Crippen LogP contribution in [-0.4, -0.2) is 28.2 Å². The van der Waals surface area contributed by atoms with E-state index in [2.05, 4.69) is 11.1 Å². The van der Waals surface area contributed by atoms with Gasteiger partial charge >= 0.3 is 5.97 Å². The number of nitrogens with zero attached hydrogens (tertiary/aromatic N) is 1. The van der Waals surface area contributed by atoms with E-state index in [1.165, 1.54) is 26.4 Å². The van der Waals surface area contributed by atoms with E-state index in [1.807, 2.05) is 22.8 Å². The molecule has 0 radical (unpaired) electrons. The Morgan fingerprint density at radius 1 is 1.32 bits per heavy atom. The number of H-pyrrole nitrogens is 1. The number of rotatable bonds is 2. The van der Waals surface area contributed by atoms with Crippen molar-refractivity contribution in [1.82, 2.24) is 9.55 Å². The Morgan fingerprint density at radius 3 is 2.84 bits per heavy atom. The topological polar surface area (TPSA) is 56.2 Å². The maximum Gasteiger partial charge on any atom is 0.356 e. The quantitative estimate of drug-likeness (QED) is 0.638. The first-order valence-corrected chi connectivity index (χ1v) is 9.20. The van der Waals surface area contributed by atoms with Crippen molar-refractivity contribution in [3.05, 3.63) is 46.5 Å². The Labute approximate surface area is 152 Å². The van der Waals surface area contributed by atoms with E-state index in [-0.39, 0.29) is 17.6 Å². The van der Waals surface area contributed by atoms with Crippen LogP contribution in [0.1, 0.15) is 60.6 Å². The molecule has 1 unspecified atom stereocenters. The number of carbonyl (C=O) groups excluding carboxylic acids is 1. The Bertz CT molecular complexity index is 848. The van der Waals surface area contributed by atoms with E-state index in [0.717, 1.165) is 30.6 Å². The number of nitrogens with one attached hydrogen (secondary N) is 1. The van der Waals surface area contributed by atoms with Crippen molar-refractivity contribution in [2.24, 2.45) is 0 Å². The van der Waals surface area contributed by atoms with Crippen molar-refractivity contribution in [3.63, 3.8) is 0 Å². The fraction of sp³-hybridized carbons (Fsp3) is 0.474. The van der Waals surface area contributed by atoms with Gasteiger partial charge in [0.25, 0.3) is 0 Å². The van der Waals surface area contributed by atoms with Gasteiger partial charge in [0, 0.05) is 18.2 Å². The molecule has 2 heterocycles. The lowest BCUT2D eigenvalue weighted by molar-refractivity contribution is -0.00282. The van der Waals surface area contributed by atoms with Gasteiger partial charge in [-0.25, -0.2) is 4.79 Å². The van der Waals surface area contributed by atoms with Gasteiger partial charge < -0.3 is 19.0 Å². The summed E-state index contributed by atoms with van der Waals surface area (Å²) in [7, 11) is 1.39. The minimum atomic E-state index is -0.381. The van der Waals surface area contributed by atoms with Crippen molar-refractivity contribution in [2.45, 2.75) is 50.2 Å². The van der Waals surface area contributed by atoms with Crippen LogP contribution < -0.4 is 4.74 Å². The SMILES string of the molecule is COC(=O)c1c[nH]c(=S)n1C1CC2(CCCCC2)Oc2ccccc21. The van der Waals surface area contributed by atoms with Crippen molar-refractivity contribution >= 4 is 18.2 Å². The predicted molar refractivity (Wildman–Crippen MR) is 96.6 cm³/mol. The second kappa shape index (κ2) is 6.33. The molecule has 0 saturated heterocycles. The van der Waals surface area contributed by atoms with Gasteiger partial charge in [-0.2, -0.15) is 0 Å². The summed E-state index contributed by atoms with van der Waals surface area (Å²) >= 11 is 5.50. The highest BCUT2D eigenvalue weighted by Crippen LogP contribution is 2.47. The smallest absolute Gasteiger partial charge is 0.356 e. The first kappa shape index (κ1) is 16.4. The molecule has 2 aliphatic rings. The molecule has 1 aliphatic carbocycles. The first-order valence-electron chi connectivity index (χ1n) is 8.80. The second-order valence-corrected chi connectivity index (χ2v) is 7.33. The van der Waals surface area contributed by atoms with Gasteiger partial charge in [0.15, 0.2) is 4.77 Å². The molecule has 5 nitrogen and oxygen atoms in total. The number of hydrogen-bond donors (Lipinski definition) is 1. The molecule has 1 atom stereocenters. The van der Waals surface area contributed by atoms with Crippen LogP contribution in [0.3, 0.4) is 0 Å². The summed E-state index contributed by atoms with van der Waals surface area (Å²) in [5.41, 5.74) is 1.36. The number of hydrogen-bond acceptors (Lipinski definition) is 4. The molecule has 6 heteroatoms. The lowest BCUT2D eigenvalue weighted by atomic mass is 9.77. The molecule has 0 bridgehead atoms. The molecular weight excluding hydrogens is 336 g/mol. The third kappa shape index (κ3) is 2.78. The van der Waals surface area contributed by atoms with Crippen LogP contribution >= 0.6 is 12.2 Å². The molecule has 25 heavy (non-hydrogen) atoms. The van der Waals surface area contributed by atoms with Crippen LogP contribution in [0.25, 0.3) is 0 Å². The summed E-state index contributed by atoms with van der Waals surface area (Å²) in [6.45, 7) is 0. The monoisotopic (exact) mass is 358 g/mol. The molecule has 132 valence electrons. The number of para-hydroxylation sites is 1. The van der Waals surface area contributed by atoms with Crippen LogP contribution in [0, 0.1) is 4.77 Å². The largest absolute Gasteiger partial charge is 0.487 e. The van der Waals surface area contributed by atoms with Crippen molar-refractivity contribution in [1.29, 1.82) is 0 Å². The minimum absolute atomic E-state index is 0.0316. The number of esters is 1. The number of ether oxygens (including phenoxy) is 2. The fourth-order valence-corrected chi connectivity index (χ4v) is 4.55. The van der Waals surface area contributed by atoms with Crippen LogP contribution in [0.2, 0.25) is 0 Å². The van der Waals surface area contributed by atoms with Gasteiger partial charge in [-0.1, -0.05) is 24.6 Å². The van der Waals surface area contributed by atoms with Crippen LogP contribution in [0.5, 0.6) is 5.75 Å². The maximum atomic E-state index is 12.2. The highest BCUT2D eigenvalue weighted by atomic mass is 32.1. The summed E-state index contributed by atoms with van der Waals surface area (Å²) in [5.74, 6) is 0.522. The summed E-state index contributed by atoms with van der Waals surface area (Å²) in [5, 5.41) is 0. The summed E-state index contributed by atoms with van der Waals surface area (Å²) in [6.07, 6.45) is 8.16. The van der Waals surface area contributed by atoms with Gasteiger partial charge in [-0.05, 0) is 44.0 Å². The standard InChI is InChI=1S/C19H22N2O3S/c1-23-17(22)15-12-20-18(25)21(15)14-11-19(9-5-2-6-10-19)24-16-8-4-3-7-13(14)16/h3-4,7-8,12,14H,2,5-6,9-11H2,1H3,(H,20,25). The maximum absolute atomic E-state index is 12.2. The molecule has 0 amide bonds. The molecule has 1 aromatic heterocycles. The lowest BCUT2D eigenvalue weighted by Gasteiger charge is -2.45. The Kier molecular flexibility index (Phi) is 4.15. The zero-order valence-corrected chi connectivity index (χ0v) is 15.1. The fourth-order valence-electron chi connectivity index (χ4n) is 4.27. The van der Waals surface area contributed by atoms with Crippen molar-refractivity contribution in [2.75, 3.05) is 7.11 Å². The van der Waals surface area contributed by atoms with E-state index in [4.69, 9.17) is 21.7 Å². The van der Waals surface area contributed by atoms with Crippen LogP contribution in [0.4, 0.5) is 0 Å². The number of imidazole rings is 1. The molecular formula is C19H22N2O3S. The van der Waals surface area contributed by atoms with Gasteiger partial charge in [0.1, 0.15) is 17.0 Å². The first-order chi connectivity index (χ1) is 12.1. The highest BCUT2D eigenvalue weighted by Gasteiger charge is 2.43. The van der Waals surface area contributed by atoms with E-state index < -0.39 is 0 Å². The summed E-state index contributed by atoms with van der Waals surface area (Å²) in [4.78, 5) is 15.2. The zero-order chi connectivity index (χ0) is 17.4. The van der Waals surface area contributed by atoms with Crippen LogP contribution in [-0.2, 0) is 4.74 Å². The third-order valence-corrected chi connectivity index (χ3v) is 5.77. The predicted octanol–water partition coefficient (Wildman–Crippen LogP) is 4.41. The van der Waals surface area contributed by atoms with Gasteiger partial charge in [-0.3, -0.25) is 0 Å². The zero-order valence-electron chi connectivity index (χ0n) is 14.3. The lowest BCUT2D eigenvalue weighted by Crippen LogP contribution is -2.44. The van der Waals surface area contributed by atoms with Crippen molar-refractivity contribution < 1.29 is 14.3 Å². The number of carbonyl (C=O) groups is 1. The van der Waals surface area contributed by atoms with E-state index in [0.29, 0.717) is 10.5 Å². The van der Waals surface area contributed by atoms with Crippen molar-refractivity contribution in [3.8, 4) is 5.75 Å². The molecule has 1 aliphatic heterocycles. The normalized spacial score (nSPS) is 21.4. The molecule has 2 aromatic rings. The van der Waals surface area contributed by atoms with Crippen LogP contribution in [0.15, 0.2) is 30.5 Å². The average Bonchev–Trinajstić information content (AvgIpc) is 3.02. The number of benzene rings is 1. The van der Waals surface area contributed by atoms with E-state index in [1.54, 1.807) is 6.20 Å². The number of methoxy groups -OCH3 is 1. The minimum Gasteiger partial charge on any atom is -0.487 e. The Morgan fingerprint density at radius 2 is 2.08 bits per heavy atom. The third-order valence-electron chi connectivity index (χ3n) is 5.45. The van der Waals surface area contributed by atoms with Gasteiger partial charge in [0.05, 0.1) is 13.2 Å². The highest BCUT2D eigenvalue weighted by molar-refractivity contribution is 7.71. The number of aromatic amines is 1. The Hall–Kier alpha value is -2.08. The average molecular weight is 358 g/mol. The Balaban J connectivity index is 1.85.